The average Bonchev–Trinajstić information content (AvgIpc) is 3.34. The van der Waals surface area contributed by atoms with E-state index >= 15 is 0 Å². The van der Waals surface area contributed by atoms with Crippen LogP contribution in [0.4, 0.5) is 11.7 Å². The summed E-state index contributed by atoms with van der Waals surface area (Å²) in [5, 5.41) is 1.36. The van der Waals surface area contributed by atoms with Crippen LogP contribution >= 0.6 is 0 Å². The molecule has 1 saturated heterocycles. The number of hydrogen-bond donors (Lipinski definition) is 1. The van der Waals surface area contributed by atoms with Gasteiger partial charge in [-0.25, -0.2) is 0 Å². The van der Waals surface area contributed by atoms with E-state index in [1.54, 1.807) is 0 Å². The van der Waals surface area contributed by atoms with Gasteiger partial charge in [0.2, 0.25) is 0 Å². The maximum Gasteiger partial charge on any atom is 0.298 e. The van der Waals surface area contributed by atoms with Gasteiger partial charge in [-0.3, -0.25) is 0 Å². The van der Waals surface area contributed by atoms with E-state index in [0.29, 0.717) is 6.01 Å². The second kappa shape index (κ2) is 6.27. The molecule has 1 N–H and O–H groups in total. The van der Waals surface area contributed by atoms with Crippen LogP contribution in [0.5, 0.6) is 0 Å². The molecule has 0 saturated carbocycles. The minimum atomic E-state index is 0.701. The van der Waals surface area contributed by atoms with E-state index < -0.39 is 0 Å². The molecule has 28 heavy (non-hydrogen) atoms. The molecule has 2 aromatic carbocycles. The largest absolute Gasteiger partial charge is 0.423 e. The van der Waals surface area contributed by atoms with Gasteiger partial charge in [0.05, 0.1) is 19.8 Å². The lowest BCUT2D eigenvalue weighted by atomic mass is 10.0. The molecule has 0 aliphatic carbocycles. The zero-order chi connectivity index (χ0) is 18.5. The molecule has 0 unspecified atom stereocenters. The maximum atomic E-state index is 5.98. The second-order valence-corrected chi connectivity index (χ2v) is 7.55. The molecule has 0 atom stereocenters. The number of morpholine rings is 1. The lowest BCUT2D eigenvalue weighted by Crippen LogP contribution is -2.36. The summed E-state index contributed by atoms with van der Waals surface area (Å²) in [4.78, 5) is 12.9. The van der Waals surface area contributed by atoms with Crippen LogP contribution in [0.1, 0.15) is 11.3 Å². The molecule has 6 heteroatoms. The van der Waals surface area contributed by atoms with Crippen molar-refractivity contribution in [3.8, 4) is 0 Å². The van der Waals surface area contributed by atoms with Crippen LogP contribution in [0, 0.1) is 0 Å². The fourth-order valence-corrected chi connectivity index (χ4v) is 4.40. The Balaban J connectivity index is 1.30. The third-order valence-electron chi connectivity index (χ3n) is 5.89. The number of H-pyrrole nitrogens is 1. The van der Waals surface area contributed by atoms with Gasteiger partial charge in [0.25, 0.3) is 6.01 Å². The second-order valence-electron chi connectivity index (χ2n) is 7.55. The monoisotopic (exact) mass is 374 g/mol. The predicted octanol–water partition coefficient (Wildman–Crippen LogP) is 3.71. The number of anilines is 2. The molecule has 4 heterocycles. The van der Waals surface area contributed by atoms with Crippen LogP contribution in [0.2, 0.25) is 0 Å². The first-order chi connectivity index (χ1) is 13.8. The first kappa shape index (κ1) is 16.0. The molecule has 6 nitrogen and oxygen atoms in total. The smallest absolute Gasteiger partial charge is 0.298 e. The van der Waals surface area contributed by atoms with Crippen molar-refractivity contribution in [2.75, 3.05) is 42.6 Å². The Hall–Kier alpha value is -2.99. The average molecular weight is 374 g/mol. The number of ether oxygens (including phenoxy) is 1. The van der Waals surface area contributed by atoms with Gasteiger partial charge in [0.1, 0.15) is 5.52 Å². The number of nitrogens with one attached hydrogen (secondary N) is 1. The lowest BCUT2D eigenvalue weighted by Gasteiger charge is -2.29. The fraction of sp³-hybridized carbons (Fsp3) is 0.318. The molecule has 0 radical (unpaired) electrons. The zero-order valence-corrected chi connectivity index (χ0v) is 15.6. The summed E-state index contributed by atoms with van der Waals surface area (Å²) in [5.41, 5.74) is 6.97. The van der Waals surface area contributed by atoms with E-state index in [1.807, 2.05) is 6.07 Å². The molecule has 2 aliphatic heterocycles. The maximum absolute atomic E-state index is 5.98. The number of hydrogen-bond acceptors (Lipinski definition) is 5. The van der Waals surface area contributed by atoms with Crippen LogP contribution in [0.15, 0.2) is 46.9 Å². The summed E-state index contributed by atoms with van der Waals surface area (Å²) in [5.74, 6) is 0. The Morgan fingerprint density at radius 3 is 2.79 bits per heavy atom. The van der Waals surface area contributed by atoms with Crippen LogP contribution in [0.25, 0.3) is 22.0 Å². The Bertz CT molecular complexity index is 1160. The Labute approximate surface area is 162 Å². The minimum Gasteiger partial charge on any atom is -0.423 e. The zero-order valence-electron chi connectivity index (χ0n) is 15.6. The van der Waals surface area contributed by atoms with E-state index in [0.717, 1.165) is 56.9 Å². The molecule has 2 aromatic heterocycles. The van der Waals surface area contributed by atoms with Crippen molar-refractivity contribution in [1.29, 1.82) is 0 Å². The summed E-state index contributed by atoms with van der Waals surface area (Å²) in [7, 11) is 0. The highest BCUT2D eigenvalue weighted by molar-refractivity contribution is 5.85. The van der Waals surface area contributed by atoms with E-state index in [9.17, 15) is 0 Å². The van der Waals surface area contributed by atoms with Gasteiger partial charge in [-0.15, -0.1) is 0 Å². The Morgan fingerprint density at radius 1 is 0.964 bits per heavy atom. The van der Waals surface area contributed by atoms with Gasteiger partial charge < -0.3 is 23.9 Å². The highest BCUT2D eigenvalue weighted by atomic mass is 16.5. The standard InChI is InChI=1S/C22H22N4O2/c1-2-4-18-16(3-1)17-7-8-26(14-20(17)23-18)15-5-6-21-19(13-15)24-22(28-21)25-9-11-27-12-10-25/h1-6,13,23H,7-12,14H2. The number of aromatic amines is 1. The lowest BCUT2D eigenvalue weighted by molar-refractivity contribution is 0.120. The molecule has 0 amide bonds. The van der Waals surface area contributed by atoms with Gasteiger partial charge in [-0.1, -0.05) is 18.2 Å². The molecule has 4 aromatic rings. The van der Waals surface area contributed by atoms with Crippen LogP contribution in [-0.2, 0) is 17.7 Å². The SMILES string of the molecule is c1ccc2c3c([nH]c2c1)CN(c1ccc2oc(N4CCOCC4)nc2c1)CC3. The van der Waals surface area contributed by atoms with Gasteiger partial charge in [0, 0.05) is 41.9 Å². The molecule has 2 aliphatic rings. The molecule has 0 bridgehead atoms. The number of fused-ring (bicyclic) bond motifs is 4. The third kappa shape index (κ3) is 2.56. The number of para-hydroxylation sites is 1. The Morgan fingerprint density at radius 2 is 1.86 bits per heavy atom. The van der Waals surface area contributed by atoms with E-state index in [2.05, 4.69) is 51.2 Å². The van der Waals surface area contributed by atoms with Gasteiger partial charge >= 0.3 is 0 Å². The van der Waals surface area contributed by atoms with Crippen molar-refractivity contribution in [1.82, 2.24) is 9.97 Å². The first-order valence-corrected chi connectivity index (χ1v) is 9.92. The number of nitrogens with zero attached hydrogens (tertiary/aromatic N) is 3. The molecule has 6 rings (SSSR count). The number of aromatic nitrogens is 2. The summed E-state index contributed by atoms with van der Waals surface area (Å²) in [6, 6.07) is 15.6. The molecule has 142 valence electrons. The summed E-state index contributed by atoms with van der Waals surface area (Å²) in [6.45, 7) is 5.01. The normalized spacial score (nSPS) is 17.4. The van der Waals surface area contributed by atoms with Crippen molar-refractivity contribution in [3.05, 3.63) is 53.7 Å². The number of rotatable bonds is 2. The molecular weight excluding hydrogens is 352 g/mol. The molecule has 1 fully saturated rings. The van der Waals surface area contributed by atoms with E-state index in [1.165, 1.54) is 27.8 Å². The van der Waals surface area contributed by atoms with Crippen molar-refractivity contribution in [2.45, 2.75) is 13.0 Å². The third-order valence-corrected chi connectivity index (χ3v) is 5.89. The summed E-state index contributed by atoms with van der Waals surface area (Å²) < 4.78 is 11.4. The molecule has 0 spiro atoms. The van der Waals surface area contributed by atoms with Crippen molar-refractivity contribution in [2.24, 2.45) is 0 Å². The van der Waals surface area contributed by atoms with Gasteiger partial charge in [-0.05, 0) is 36.2 Å². The van der Waals surface area contributed by atoms with Crippen molar-refractivity contribution < 1.29 is 9.15 Å². The summed E-state index contributed by atoms with van der Waals surface area (Å²) in [6.07, 6.45) is 1.05. The van der Waals surface area contributed by atoms with Crippen LogP contribution in [-0.4, -0.2) is 42.8 Å². The number of oxazole rings is 1. The highest BCUT2D eigenvalue weighted by Gasteiger charge is 2.22. The van der Waals surface area contributed by atoms with Gasteiger partial charge in [0.15, 0.2) is 5.58 Å². The van der Waals surface area contributed by atoms with Crippen molar-refractivity contribution >= 4 is 33.7 Å². The minimum absolute atomic E-state index is 0.701. The predicted molar refractivity (Wildman–Crippen MR) is 110 cm³/mol. The number of benzene rings is 2. The Kier molecular flexibility index (Phi) is 3.59. The van der Waals surface area contributed by atoms with E-state index in [4.69, 9.17) is 14.1 Å². The molecular formula is C22H22N4O2. The topological polar surface area (TPSA) is 57.5 Å². The van der Waals surface area contributed by atoms with Crippen LogP contribution < -0.4 is 9.80 Å². The first-order valence-electron chi connectivity index (χ1n) is 9.92. The quantitative estimate of drug-likeness (QED) is 0.580. The van der Waals surface area contributed by atoms with Gasteiger partial charge in [-0.2, -0.15) is 4.98 Å². The highest BCUT2D eigenvalue weighted by Crippen LogP contribution is 2.32. The fourth-order valence-electron chi connectivity index (χ4n) is 4.40. The van der Waals surface area contributed by atoms with E-state index in [-0.39, 0.29) is 0 Å². The summed E-state index contributed by atoms with van der Waals surface area (Å²) >= 11 is 0. The van der Waals surface area contributed by atoms with Crippen molar-refractivity contribution in [3.63, 3.8) is 0 Å². The van der Waals surface area contributed by atoms with Crippen LogP contribution in [0.3, 0.4) is 0 Å².